The zero-order valence-corrected chi connectivity index (χ0v) is 15.0. The normalized spacial score (nSPS) is 11.2. The molecule has 0 radical (unpaired) electrons. The van der Waals surface area contributed by atoms with E-state index in [1.54, 1.807) is 16.2 Å². The van der Waals surface area contributed by atoms with Gasteiger partial charge in [-0.2, -0.15) is 0 Å². The Morgan fingerprint density at radius 1 is 1.30 bits per heavy atom. The lowest BCUT2D eigenvalue weighted by Crippen LogP contribution is -2.38. The molecule has 20 heavy (non-hydrogen) atoms. The molecular weight excluding hydrogens is 383 g/mol. The van der Waals surface area contributed by atoms with E-state index in [1.165, 1.54) is 13.7 Å². The molecule has 3 nitrogen and oxygen atoms in total. The molecule has 1 amide bonds. The van der Waals surface area contributed by atoms with Crippen LogP contribution in [0.15, 0.2) is 24.3 Å². The molecule has 5 heteroatoms. The van der Waals surface area contributed by atoms with Gasteiger partial charge in [0.25, 0.3) is 5.91 Å². The summed E-state index contributed by atoms with van der Waals surface area (Å²) in [6.45, 7) is 6.82. The lowest BCUT2D eigenvalue weighted by Gasteiger charge is -2.25. The van der Waals surface area contributed by atoms with Gasteiger partial charge in [0.15, 0.2) is 0 Å². The first-order chi connectivity index (χ1) is 9.56. The highest BCUT2D eigenvalue weighted by atomic mass is 127. The Hall–Kier alpha value is -0.660. The fourth-order valence-corrected chi connectivity index (χ4v) is 4.03. The number of benzene rings is 1. The fraction of sp³-hybridized carbons (Fsp3) is 0.400. The van der Waals surface area contributed by atoms with Crippen LogP contribution in [0.1, 0.15) is 23.5 Å². The zero-order chi connectivity index (χ0) is 14.7. The highest BCUT2D eigenvalue weighted by molar-refractivity contribution is 14.1. The maximum absolute atomic E-state index is 12.5. The van der Waals surface area contributed by atoms with Crippen LogP contribution in [-0.2, 0) is 0 Å². The predicted molar refractivity (Wildman–Crippen MR) is 94.4 cm³/mol. The van der Waals surface area contributed by atoms with Gasteiger partial charge in [0, 0.05) is 20.7 Å². The SMILES string of the molecule is CCN(CC)CN(C)C(=O)c1cc2c(I)cccc2s1. The van der Waals surface area contributed by atoms with Crippen molar-refractivity contribution in [3.8, 4) is 0 Å². The first kappa shape index (κ1) is 15.7. The van der Waals surface area contributed by atoms with Crippen LogP contribution in [0.3, 0.4) is 0 Å². The summed E-state index contributed by atoms with van der Waals surface area (Å²) >= 11 is 3.89. The second-order valence-electron chi connectivity index (χ2n) is 4.71. The number of amides is 1. The molecule has 0 atom stereocenters. The minimum atomic E-state index is 0.105. The third-order valence-corrected chi connectivity index (χ3v) is 5.40. The van der Waals surface area contributed by atoms with Crippen molar-refractivity contribution in [2.24, 2.45) is 0 Å². The monoisotopic (exact) mass is 402 g/mol. The molecule has 0 fully saturated rings. The number of carbonyl (C=O) groups excluding carboxylic acids is 1. The Kier molecular flexibility index (Phi) is 5.40. The molecule has 0 saturated carbocycles. The standard InChI is InChI=1S/C15H19IN2OS/c1-4-18(5-2)10-17(3)15(19)14-9-11-12(16)7-6-8-13(11)20-14/h6-9H,4-5,10H2,1-3H3. The third-order valence-electron chi connectivity index (χ3n) is 3.37. The van der Waals surface area contributed by atoms with Crippen LogP contribution in [0, 0.1) is 3.57 Å². The Morgan fingerprint density at radius 3 is 2.60 bits per heavy atom. The van der Waals surface area contributed by atoms with Gasteiger partial charge in [-0.25, -0.2) is 0 Å². The number of hydrogen-bond donors (Lipinski definition) is 0. The molecule has 0 saturated heterocycles. The zero-order valence-electron chi connectivity index (χ0n) is 12.0. The molecular formula is C15H19IN2OS. The van der Waals surface area contributed by atoms with E-state index in [2.05, 4.69) is 53.5 Å². The molecule has 1 aromatic heterocycles. The molecule has 0 aliphatic heterocycles. The van der Waals surface area contributed by atoms with Gasteiger partial charge in [-0.1, -0.05) is 19.9 Å². The maximum atomic E-state index is 12.5. The molecule has 2 rings (SSSR count). The number of fused-ring (bicyclic) bond motifs is 1. The summed E-state index contributed by atoms with van der Waals surface area (Å²) in [5.41, 5.74) is 0. The van der Waals surface area contributed by atoms with Gasteiger partial charge in [-0.15, -0.1) is 11.3 Å². The van der Waals surface area contributed by atoms with Gasteiger partial charge < -0.3 is 4.90 Å². The van der Waals surface area contributed by atoms with Crippen molar-refractivity contribution in [2.75, 3.05) is 26.8 Å². The van der Waals surface area contributed by atoms with Gasteiger partial charge in [0.05, 0.1) is 11.5 Å². The molecule has 0 N–H and O–H groups in total. The molecule has 0 spiro atoms. The summed E-state index contributed by atoms with van der Waals surface area (Å²) in [5.74, 6) is 0.105. The first-order valence-corrected chi connectivity index (χ1v) is 8.62. The van der Waals surface area contributed by atoms with E-state index >= 15 is 0 Å². The van der Waals surface area contributed by atoms with Crippen LogP contribution in [0.5, 0.6) is 0 Å². The maximum Gasteiger partial charge on any atom is 0.264 e. The minimum Gasteiger partial charge on any atom is -0.328 e. The van der Waals surface area contributed by atoms with E-state index in [-0.39, 0.29) is 5.91 Å². The Labute approximate surface area is 137 Å². The molecule has 0 aliphatic rings. The quantitative estimate of drug-likeness (QED) is 0.560. The number of halogens is 1. The average molecular weight is 402 g/mol. The highest BCUT2D eigenvalue weighted by Crippen LogP contribution is 2.29. The van der Waals surface area contributed by atoms with Crippen LogP contribution in [0.2, 0.25) is 0 Å². The lowest BCUT2D eigenvalue weighted by atomic mass is 10.2. The second kappa shape index (κ2) is 6.87. The van der Waals surface area contributed by atoms with Gasteiger partial charge >= 0.3 is 0 Å². The average Bonchev–Trinajstić information content (AvgIpc) is 2.89. The van der Waals surface area contributed by atoms with Crippen molar-refractivity contribution in [3.05, 3.63) is 32.7 Å². The van der Waals surface area contributed by atoms with Crippen molar-refractivity contribution in [2.45, 2.75) is 13.8 Å². The fourth-order valence-electron chi connectivity index (χ4n) is 2.11. The van der Waals surface area contributed by atoms with Crippen molar-refractivity contribution < 1.29 is 4.79 Å². The number of rotatable bonds is 5. The van der Waals surface area contributed by atoms with Gasteiger partial charge in [-0.3, -0.25) is 9.69 Å². The molecule has 1 heterocycles. The Morgan fingerprint density at radius 2 is 2.00 bits per heavy atom. The molecule has 1 aromatic carbocycles. The van der Waals surface area contributed by atoms with Crippen molar-refractivity contribution >= 4 is 49.9 Å². The van der Waals surface area contributed by atoms with Crippen LogP contribution in [0.4, 0.5) is 0 Å². The summed E-state index contributed by atoms with van der Waals surface area (Å²) in [6, 6.07) is 8.20. The third kappa shape index (κ3) is 3.32. The summed E-state index contributed by atoms with van der Waals surface area (Å²) in [5, 5.41) is 1.18. The molecule has 2 aromatic rings. The number of thiophene rings is 1. The van der Waals surface area contributed by atoms with Crippen LogP contribution < -0.4 is 0 Å². The van der Waals surface area contributed by atoms with Gasteiger partial charge in [0.1, 0.15) is 0 Å². The first-order valence-electron chi connectivity index (χ1n) is 6.72. The molecule has 0 aliphatic carbocycles. The Bertz CT molecular complexity index is 607. The largest absolute Gasteiger partial charge is 0.328 e. The summed E-state index contributed by atoms with van der Waals surface area (Å²) in [4.78, 5) is 17.3. The number of carbonyl (C=O) groups is 1. The summed E-state index contributed by atoms with van der Waals surface area (Å²) in [7, 11) is 1.87. The molecule has 0 bridgehead atoms. The second-order valence-corrected chi connectivity index (χ2v) is 6.96. The van der Waals surface area contributed by atoms with E-state index in [1.807, 2.05) is 19.2 Å². The Balaban J connectivity index is 2.20. The van der Waals surface area contributed by atoms with Crippen LogP contribution >= 0.6 is 33.9 Å². The van der Waals surface area contributed by atoms with E-state index in [9.17, 15) is 4.79 Å². The highest BCUT2D eigenvalue weighted by Gasteiger charge is 2.17. The van der Waals surface area contributed by atoms with Crippen LogP contribution in [-0.4, -0.2) is 42.5 Å². The van der Waals surface area contributed by atoms with E-state index in [0.717, 1.165) is 18.0 Å². The number of nitrogens with zero attached hydrogens (tertiary/aromatic N) is 2. The van der Waals surface area contributed by atoms with E-state index < -0.39 is 0 Å². The molecule has 108 valence electrons. The molecule has 0 unspecified atom stereocenters. The van der Waals surface area contributed by atoms with E-state index in [4.69, 9.17) is 0 Å². The van der Waals surface area contributed by atoms with Crippen molar-refractivity contribution in [1.82, 2.24) is 9.80 Å². The van der Waals surface area contributed by atoms with Gasteiger partial charge in [0.2, 0.25) is 0 Å². The summed E-state index contributed by atoms with van der Waals surface area (Å²) in [6.07, 6.45) is 0. The summed E-state index contributed by atoms with van der Waals surface area (Å²) < 4.78 is 2.37. The predicted octanol–water partition coefficient (Wildman–Crippen LogP) is 3.88. The van der Waals surface area contributed by atoms with Crippen LogP contribution in [0.25, 0.3) is 10.1 Å². The van der Waals surface area contributed by atoms with Crippen molar-refractivity contribution in [1.29, 1.82) is 0 Å². The van der Waals surface area contributed by atoms with Crippen molar-refractivity contribution in [3.63, 3.8) is 0 Å². The number of hydrogen-bond acceptors (Lipinski definition) is 3. The topological polar surface area (TPSA) is 23.6 Å². The minimum absolute atomic E-state index is 0.105. The van der Waals surface area contributed by atoms with Gasteiger partial charge in [-0.05, 0) is 53.9 Å². The van der Waals surface area contributed by atoms with E-state index in [0.29, 0.717) is 6.67 Å². The smallest absolute Gasteiger partial charge is 0.264 e. The lowest BCUT2D eigenvalue weighted by molar-refractivity contribution is 0.0701.